The summed E-state index contributed by atoms with van der Waals surface area (Å²) < 4.78 is 1.04. The Hall–Kier alpha value is -1.12. The molecule has 2 aromatic rings. The molecule has 1 nitrogen and oxygen atoms in total. The maximum absolute atomic E-state index is 9.78. The zero-order valence-electron chi connectivity index (χ0n) is 8.15. The molecule has 2 rings (SSSR count). The number of fused-ring (bicyclic) bond motifs is 1. The van der Waals surface area contributed by atoms with Gasteiger partial charge in [0.25, 0.3) is 0 Å². The van der Waals surface area contributed by atoms with E-state index in [1.165, 1.54) is 6.08 Å². The summed E-state index contributed by atoms with van der Waals surface area (Å²) in [5.41, 5.74) is 0.892. The Bertz CT molecular complexity index is 505. The van der Waals surface area contributed by atoms with Crippen molar-refractivity contribution in [3.8, 4) is 0 Å². The highest BCUT2D eigenvalue weighted by molar-refractivity contribution is 9.10. The van der Waals surface area contributed by atoms with E-state index in [1.54, 1.807) is 0 Å². The average molecular weight is 263 g/mol. The van der Waals surface area contributed by atoms with Crippen molar-refractivity contribution in [2.75, 3.05) is 0 Å². The van der Waals surface area contributed by atoms with Gasteiger partial charge in [-0.15, -0.1) is 6.58 Å². The van der Waals surface area contributed by atoms with Crippen molar-refractivity contribution in [1.29, 1.82) is 0 Å². The van der Waals surface area contributed by atoms with Crippen molar-refractivity contribution in [2.45, 2.75) is 6.10 Å². The number of benzene rings is 2. The standard InChI is InChI=1S/C13H11BrO/c1-2-13(15)11-7-8-12(14)10-6-4-3-5-9(10)11/h2-8,13,15H,1H2. The van der Waals surface area contributed by atoms with E-state index in [4.69, 9.17) is 0 Å². The second-order valence-corrected chi connectivity index (χ2v) is 4.22. The van der Waals surface area contributed by atoms with E-state index in [-0.39, 0.29) is 0 Å². The van der Waals surface area contributed by atoms with Crippen molar-refractivity contribution in [1.82, 2.24) is 0 Å². The summed E-state index contributed by atoms with van der Waals surface area (Å²) in [5.74, 6) is 0. The van der Waals surface area contributed by atoms with Gasteiger partial charge < -0.3 is 5.11 Å². The van der Waals surface area contributed by atoms with E-state index in [9.17, 15) is 5.11 Å². The molecule has 15 heavy (non-hydrogen) atoms. The first-order valence-corrected chi connectivity index (χ1v) is 5.51. The molecule has 0 aliphatic carbocycles. The van der Waals surface area contributed by atoms with Crippen molar-refractivity contribution >= 4 is 26.7 Å². The highest BCUT2D eigenvalue weighted by atomic mass is 79.9. The minimum absolute atomic E-state index is 0.608. The summed E-state index contributed by atoms with van der Waals surface area (Å²) in [7, 11) is 0. The van der Waals surface area contributed by atoms with Crippen molar-refractivity contribution in [2.24, 2.45) is 0 Å². The summed E-state index contributed by atoms with van der Waals surface area (Å²) in [4.78, 5) is 0. The molecule has 0 aromatic heterocycles. The fourth-order valence-corrected chi connectivity index (χ4v) is 2.15. The van der Waals surface area contributed by atoms with E-state index in [2.05, 4.69) is 22.5 Å². The van der Waals surface area contributed by atoms with Gasteiger partial charge in [0.15, 0.2) is 0 Å². The highest BCUT2D eigenvalue weighted by Gasteiger charge is 2.08. The molecule has 0 aliphatic heterocycles. The van der Waals surface area contributed by atoms with Crippen LogP contribution in [0.4, 0.5) is 0 Å². The molecular formula is C13H11BrO. The Balaban J connectivity index is 2.77. The third kappa shape index (κ3) is 1.83. The van der Waals surface area contributed by atoms with Crippen LogP contribution in [0.15, 0.2) is 53.5 Å². The minimum Gasteiger partial charge on any atom is -0.384 e. The van der Waals surface area contributed by atoms with Crippen LogP contribution in [0, 0.1) is 0 Å². The molecule has 1 atom stereocenters. The summed E-state index contributed by atoms with van der Waals surface area (Å²) in [6.45, 7) is 3.60. The van der Waals surface area contributed by atoms with Gasteiger partial charge in [-0.1, -0.05) is 52.3 Å². The van der Waals surface area contributed by atoms with Crippen LogP contribution < -0.4 is 0 Å². The van der Waals surface area contributed by atoms with Crippen molar-refractivity contribution in [3.05, 3.63) is 59.1 Å². The van der Waals surface area contributed by atoms with Gasteiger partial charge in [0.1, 0.15) is 0 Å². The van der Waals surface area contributed by atoms with Gasteiger partial charge >= 0.3 is 0 Å². The average Bonchev–Trinajstić information content (AvgIpc) is 2.29. The smallest absolute Gasteiger partial charge is 0.0975 e. The molecule has 0 spiro atoms. The van der Waals surface area contributed by atoms with Crippen LogP contribution in [0.3, 0.4) is 0 Å². The molecule has 0 heterocycles. The van der Waals surface area contributed by atoms with Gasteiger partial charge in [-0.3, -0.25) is 0 Å². The quantitative estimate of drug-likeness (QED) is 0.816. The van der Waals surface area contributed by atoms with E-state index < -0.39 is 6.10 Å². The molecule has 0 aliphatic rings. The van der Waals surface area contributed by atoms with Gasteiger partial charge in [0.2, 0.25) is 0 Å². The third-order valence-corrected chi connectivity index (χ3v) is 3.14. The van der Waals surface area contributed by atoms with Gasteiger partial charge in [-0.25, -0.2) is 0 Å². The largest absolute Gasteiger partial charge is 0.384 e. The first-order chi connectivity index (χ1) is 7.24. The van der Waals surface area contributed by atoms with Crippen LogP contribution in [-0.2, 0) is 0 Å². The third-order valence-electron chi connectivity index (χ3n) is 2.45. The topological polar surface area (TPSA) is 20.2 Å². The number of hydrogen-bond acceptors (Lipinski definition) is 1. The second-order valence-electron chi connectivity index (χ2n) is 3.36. The minimum atomic E-state index is -0.608. The molecule has 2 heteroatoms. The molecule has 0 saturated heterocycles. The molecule has 0 saturated carbocycles. The summed E-state index contributed by atoms with van der Waals surface area (Å²) in [6.07, 6.45) is 0.929. The number of rotatable bonds is 2. The van der Waals surface area contributed by atoms with Crippen LogP contribution >= 0.6 is 15.9 Å². The molecule has 76 valence electrons. The van der Waals surface area contributed by atoms with Crippen LogP contribution in [0.25, 0.3) is 10.8 Å². The first kappa shape index (κ1) is 10.4. The Morgan fingerprint density at radius 1 is 1.13 bits per heavy atom. The molecule has 0 radical (unpaired) electrons. The van der Waals surface area contributed by atoms with Gasteiger partial charge in [0.05, 0.1) is 6.10 Å². The molecule has 2 aromatic carbocycles. The summed E-state index contributed by atoms with van der Waals surface area (Å²) in [5, 5.41) is 11.9. The lowest BCUT2D eigenvalue weighted by atomic mass is 10.0. The zero-order chi connectivity index (χ0) is 10.8. The maximum Gasteiger partial charge on any atom is 0.0975 e. The molecule has 0 bridgehead atoms. The number of hydrogen-bond donors (Lipinski definition) is 1. The van der Waals surface area contributed by atoms with Crippen LogP contribution in [-0.4, -0.2) is 5.11 Å². The Kier molecular flexibility index (Phi) is 2.89. The van der Waals surface area contributed by atoms with Gasteiger partial charge in [-0.05, 0) is 22.4 Å². The predicted octanol–water partition coefficient (Wildman–Crippen LogP) is 3.82. The van der Waals surface area contributed by atoms with E-state index in [0.717, 1.165) is 20.8 Å². The van der Waals surface area contributed by atoms with Gasteiger partial charge in [-0.2, -0.15) is 0 Å². The SMILES string of the molecule is C=CC(O)c1ccc(Br)c2ccccc12. The highest BCUT2D eigenvalue weighted by Crippen LogP contribution is 2.30. The second kappa shape index (κ2) is 4.17. The molecule has 0 amide bonds. The number of halogens is 1. The Morgan fingerprint density at radius 3 is 2.47 bits per heavy atom. The normalized spacial score (nSPS) is 12.7. The maximum atomic E-state index is 9.78. The van der Waals surface area contributed by atoms with Crippen molar-refractivity contribution in [3.63, 3.8) is 0 Å². The first-order valence-electron chi connectivity index (χ1n) is 4.72. The van der Waals surface area contributed by atoms with Crippen molar-refractivity contribution < 1.29 is 5.11 Å². The Labute approximate surface area is 97.2 Å². The summed E-state index contributed by atoms with van der Waals surface area (Å²) >= 11 is 3.49. The monoisotopic (exact) mass is 262 g/mol. The summed E-state index contributed by atoms with van der Waals surface area (Å²) in [6, 6.07) is 11.8. The van der Waals surface area contributed by atoms with Crippen LogP contribution in [0.1, 0.15) is 11.7 Å². The molecule has 0 fully saturated rings. The van der Waals surface area contributed by atoms with Crippen LogP contribution in [0.5, 0.6) is 0 Å². The number of aliphatic hydroxyl groups is 1. The molecule has 1 unspecified atom stereocenters. The van der Waals surface area contributed by atoms with E-state index in [1.807, 2.05) is 36.4 Å². The van der Waals surface area contributed by atoms with E-state index >= 15 is 0 Å². The molecule has 1 N–H and O–H groups in total. The lowest BCUT2D eigenvalue weighted by Gasteiger charge is -2.10. The van der Waals surface area contributed by atoms with Gasteiger partial charge in [0, 0.05) is 4.47 Å². The van der Waals surface area contributed by atoms with E-state index in [0.29, 0.717) is 0 Å². The Morgan fingerprint density at radius 2 is 1.80 bits per heavy atom. The fourth-order valence-electron chi connectivity index (χ4n) is 1.67. The molecular weight excluding hydrogens is 252 g/mol. The predicted molar refractivity (Wildman–Crippen MR) is 66.8 cm³/mol. The van der Waals surface area contributed by atoms with Crippen LogP contribution in [0.2, 0.25) is 0 Å². The fraction of sp³-hybridized carbons (Fsp3) is 0.0769. The lowest BCUT2D eigenvalue weighted by Crippen LogP contribution is -1.94. The lowest BCUT2D eigenvalue weighted by molar-refractivity contribution is 0.230. The zero-order valence-corrected chi connectivity index (χ0v) is 9.74. The number of aliphatic hydroxyl groups excluding tert-OH is 1.